The van der Waals surface area contributed by atoms with Gasteiger partial charge in [-0.05, 0) is 38.3 Å². The van der Waals surface area contributed by atoms with Crippen LogP contribution in [0.1, 0.15) is 26.2 Å². The molecule has 0 spiro atoms. The lowest BCUT2D eigenvalue weighted by molar-refractivity contribution is -0.131. The molecule has 0 aliphatic carbocycles. The number of aliphatic hydroxyl groups excluding tert-OH is 1. The van der Waals surface area contributed by atoms with E-state index in [1.54, 1.807) is 0 Å². The standard InChI is InChI=1S/C13H24N2O2S/c1-10-8-15(7-4-12(10)16)13(17)9-18-11-2-5-14-6-3-11/h10-12,14,16H,2-9H2,1H3. The summed E-state index contributed by atoms with van der Waals surface area (Å²) in [5.74, 6) is 1.07. The van der Waals surface area contributed by atoms with Crippen LogP contribution < -0.4 is 5.32 Å². The number of carbonyl (C=O) groups is 1. The van der Waals surface area contributed by atoms with Crippen LogP contribution in [0.3, 0.4) is 0 Å². The number of thioether (sulfide) groups is 1. The van der Waals surface area contributed by atoms with E-state index in [2.05, 4.69) is 5.32 Å². The minimum atomic E-state index is -0.230. The van der Waals surface area contributed by atoms with E-state index in [1.807, 2.05) is 23.6 Å². The van der Waals surface area contributed by atoms with Crippen molar-refractivity contribution in [2.24, 2.45) is 5.92 Å². The molecule has 2 atom stereocenters. The second kappa shape index (κ2) is 6.78. The van der Waals surface area contributed by atoms with Gasteiger partial charge in [0.25, 0.3) is 0 Å². The van der Waals surface area contributed by atoms with Crippen molar-refractivity contribution in [3.8, 4) is 0 Å². The van der Waals surface area contributed by atoms with Crippen LogP contribution in [0, 0.1) is 5.92 Å². The molecule has 0 saturated carbocycles. The van der Waals surface area contributed by atoms with Gasteiger partial charge in [0.15, 0.2) is 0 Å². The summed E-state index contributed by atoms with van der Waals surface area (Å²) >= 11 is 1.81. The highest BCUT2D eigenvalue weighted by molar-refractivity contribution is 8.00. The van der Waals surface area contributed by atoms with Crippen molar-refractivity contribution < 1.29 is 9.90 Å². The van der Waals surface area contributed by atoms with Gasteiger partial charge in [-0.25, -0.2) is 0 Å². The summed E-state index contributed by atoms with van der Waals surface area (Å²) in [6.45, 7) is 5.62. The van der Waals surface area contributed by atoms with Gasteiger partial charge in [-0.3, -0.25) is 4.79 Å². The molecular formula is C13H24N2O2S. The number of piperidine rings is 2. The number of carbonyl (C=O) groups excluding carboxylic acids is 1. The molecule has 2 unspecified atom stereocenters. The van der Waals surface area contributed by atoms with Crippen molar-refractivity contribution in [2.75, 3.05) is 31.9 Å². The van der Waals surface area contributed by atoms with Gasteiger partial charge in [0.2, 0.25) is 5.91 Å². The maximum absolute atomic E-state index is 12.1. The van der Waals surface area contributed by atoms with E-state index in [1.165, 1.54) is 12.8 Å². The third-order valence-electron chi connectivity index (χ3n) is 3.94. The molecule has 2 saturated heterocycles. The highest BCUT2D eigenvalue weighted by atomic mass is 32.2. The summed E-state index contributed by atoms with van der Waals surface area (Å²) < 4.78 is 0. The van der Waals surface area contributed by atoms with Gasteiger partial charge in [-0.15, -0.1) is 11.8 Å². The van der Waals surface area contributed by atoms with Crippen molar-refractivity contribution in [1.29, 1.82) is 0 Å². The van der Waals surface area contributed by atoms with Crippen LogP contribution in [0.4, 0.5) is 0 Å². The van der Waals surface area contributed by atoms with E-state index in [-0.39, 0.29) is 17.9 Å². The van der Waals surface area contributed by atoms with Crippen molar-refractivity contribution in [3.63, 3.8) is 0 Å². The van der Waals surface area contributed by atoms with E-state index in [0.29, 0.717) is 17.5 Å². The van der Waals surface area contributed by atoms with Crippen LogP contribution in [0.15, 0.2) is 0 Å². The van der Waals surface area contributed by atoms with Crippen LogP contribution in [-0.2, 0) is 4.79 Å². The molecule has 18 heavy (non-hydrogen) atoms. The first-order valence-electron chi connectivity index (χ1n) is 6.95. The molecule has 2 aliphatic heterocycles. The van der Waals surface area contributed by atoms with Crippen LogP contribution in [0.5, 0.6) is 0 Å². The first-order chi connectivity index (χ1) is 8.66. The van der Waals surface area contributed by atoms with E-state index < -0.39 is 0 Å². The zero-order valence-electron chi connectivity index (χ0n) is 11.1. The number of hydrogen-bond acceptors (Lipinski definition) is 4. The largest absolute Gasteiger partial charge is 0.393 e. The zero-order chi connectivity index (χ0) is 13.0. The maximum Gasteiger partial charge on any atom is 0.232 e. The molecule has 5 heteroatoms. The first kappa shape index (κ1) is 14.2. The molecule has 2 aliphatic rings. The summed E-state index contributed by atoms with van der Waals surface area (Å²) in [4.78, 5) is 14.0. The SMILES string of the molecule is CC1CN(C(=O)CSC2CCNCC2)CCC1O. The summed E-state index contributed by atoms with van der Waals surface area (Å²) in [6, 6.07) is 0. The Morgan fingerprint density at radius 1 is 1.39 bits per heavy atom. The van der Waals surface area contributed by atoms with Gasteiger partial charge in [-0.2, -0.15) is 0 Å². The molecule has 2 heterocycles. The Kier molecular flexibility index (Phi) is 5.33. The Labute approximate surface area is 113 Å². The fourth-order valence-corrected chi connectivity index (χ4v) is 3.73. The number of likely N-dealkylation sites (tertiary alicyclic amines) is 1. The van der Waals surface area contributed by atoms with E-state index in [0.717, 1.165) is 26.1 Å². The molecule has 0 aromatic rings. The van der Waals surface area contributed by atoms with Gasteiger partial charge in [0.1, 0.15) is 0 Å². The van der Waals surface area contributed by atoms with Crippen LogP contribution in [0.25, 0.3) is 0 Å². The van der Waals surface area contributed by atoms with Crippen molar-refractivity contribution in [1.82, 2.24) is 10.2 Å². The number of nitrogens with one attached hydrogen (secondary N) is 1. The van der Waals surface area contributed by atoms with Crippen LogP contribution in [0.2, 0.25) is 0 Å². The molecule has 4 nitrogen and oxygen atoms in total. The number of rotatable bonds is 3. The van der Waals surface area contributed by atoms with E-state index >= 15 is 0 Å². The highest BCUT2D eigenvalue weighted by Gasteiger charge is 2.27. The second-order valence-corrected chi connectivity index (χ2v) is 6.72. The Hall–Kier alpha value is -0.260. The number of nitrogens with zero attached hydrogens (tertiary/aromatic N) is 1. The smallest absolute Gasteiger partial charge is 0.232 e. The van der Waals surface area contributed by atoms with E-state index in [4.69, 9.17) is 0 Å². The second-order valence-electron chi connectivity index (χ2n) is 5.43. The quantitative estimate of drug-likeness (QED) is 0.794. The minimum absolute atomic E-state index is 0.214. The van der Waals surface area contributed by atoms with Crippen molar-refractivity contribution in [3.05, 3.63) is 0 Å². The Bertz CT molecular complexity index is 282. The van der Waals surface area contributed by atoms with Gasteiger partial charge in [-0.1, -0.05) is 6.92 Å². The topological polar surface area (TPSA) is 52.6 Å². The fraction of sp³-hybridized carbons (Fsp3) is 0.923. The van der Waals surface area contributed by atoms with Gasteiger partial charge in [0.05, 0.1) is 11.9 Å². The average molecular weight is 272 g/mol. The maximum atomic E-state index is 12.1. The van der Waals surface area contributed by atoms with Crippen LogP contribution >= 0.6 is 11.8 Å². The predicted molar refractivity (Wildman–Crippen MR) is 74.7 cm³/mol. The van der Waals surface area contributed by atoms with Gasteiger partial charge in [0, 0.05) is 18.3 Å². The Balaban J connectivity index is 1.70. The molecule has 0 aromatic heterocycles. The normalized spacial score (nSPS) is 30.4. The van der Waals surface area contributed by atoms with Crippen molar-refractivity contribution >= 4 is 17.7 Å². The predicted octanol–water partition coefficient (Wildman–Crippen LogP) is 0.701. The molecule has 0 bridgehead atoms. The Morgan fingerprint density at radius 2 is 2.11 bits per heavy atom. The zero-order valence-corrected chi connectivity index (χ0v) is 11.9. The minimum Gasteiger partial charge on any atom is -0.393 e. The molecule has 0 radical (unpaired) electrons. The molecule has 2 fully saturated rings. The molecule has 0 aromatic carbocycles. The summed E-state index contributed by atoms with van der Waals surface area (Å²) in [7, 11) is 0. The third kappa shape index (κ3) is 3.87. The fourth-order valence-electron chi connectivity index (χ4n) is 2.60. The van der Waals surface area contributed by atoms with Crippen molar-refractivity contribution in [2.45, 2.75) is 37.5 Å². The first-order valence-corrected chi connectivity index (χ1v) is 8.00. The molecule has 2 N–H and O–H groups in total. The molecule has 1 amide bonds. The number of hydrogen-bond donors (Lipinski definition) is 2. The van der Waals surface area contributed by atoms with E-state index in [9.17, 15) is 9.90 Å². The lowest BCUT2D eigenvalue weighted by atomic mass is 9.97. The lowest BCUT2D eigenvalue weighted by Gasteiger charge is -2.34. The van der Waals surface area contributed by atoms with Gasteiger partial charge < -0.3 is 15.3 Å². The lowest BCUT2D eigenvalue weighted by Crippen LogP contribution is -2.45. The average Bonchev–Trinajstić information content (AvgIpc) is 2.40. The molecule has 2 rings (SSSR count). The number of amides is 1. The molecule has 104 valence electrons. The monoisotopic (exact) mass is 272 g/mol. The number of aliphatic hydroxyl groups is 1. The van der Waals surface area contributed by atoms with Crippen LogP contribution in [-0.4, -0.2) is 59.2 Å². The Morgan fingerprint density at radius 3 is 2.78 bits per heavy atom. The summed E-state index contributed by atoms with van der Waals surface area (Å²) in [6.07, 6.45) is 2.84. The highest BCUT2D eigenvalue weighted by Crippen LogP contribution is 2.22. The molecular weight excluding hydrogens is 248 g/mol. The van der Waals surface area contributed by atoms with Gasteiger partial charge >= 0.3 is 0 Å². The summed E-state index contributed by atoms with van der Waals surface area (Å²) in [5, 5.41) is 13.6. The summed E-state index contributed by atoms with van der Waals surface area (Å²) in [5.41, 5.74) is 0. The third-order valence-corrected chi connectivity index (χ3v) is 5.30.